The molecule has 0 spiro atoms. The van der Waals surface area contributed by atoms with Crippen molar-refractivity contribution in [3.05, 3.63) is 95.1 Å². The second kappa shape index (κ2) is 6.81. The van der Waals surface area contributed by atoms with Crippen molar-refractivity contribution in [1.29, 1.82) is 0 Å². The smallest absolute Gasteiger partial charge is 0.256 e. The molecular formula is C27H20N2O2. The van der Waals surface area contributed by atoms with Gasteiger partial charge in [-0.3, -0.25) is 4.79 Å². The lowest BCUT2D eigenvalue weighted by molar-refractivity contribution is 0.102. The number of hydrogen-bond acceptors (Lipinski definition) is 3. The number of rotatable bonds is 3. The van der Waals surface area contributed by atoms with E-state index in [-0.39, 0.29) is 5.91 Å². The minimum Gasteiger partial charge on any atom is -0.436 e. The molecule has 0 unspecified atom stereocenters. The highest BCUT2D eigenvalue weighted by Crippen LogP contribution is 2.34. The van der Waals surface area contributed by atoms with E-state index in [0.29, 0.717) is 11.5 Å². The Morgan fingerprint density at radius 3 is 2.65 bits per heavy atom. The van der Waals surface area contributed by atoms with Crippen molar-refractivity contribution >= 4 is 33.5 Å². The maximum atomic E-state index is 13.3. The van der Waals surface area contributed by atoms with Gasteiger partial charge < -0.3 is 9.73 Å². The summed E-state index contributed by atoms with van der Waals surface area (Å²) >= 11 is 0. The maximum absolute atomic E-state index is 13.3. The van der Waals surface area contributed by atoms with Gasteiger partial charge in [-0.15, -0.1) is 0 Å². The van der Waals surface area contributed by atoms with Crippen molar-refractivity contribution < 1.29 is 9.21 Å². The lowest BCUT2D eigenvalue weighted by Crippen LogP contribution is -2.13. The van der Waals surface area contributed by atoms with Crippen LogP contribution in [0.1, 0.15) is 27.0 Å². The monoisotopic (exact) mass is 404 g/mol. The van der Waals surface area contributed by atoms with E-state index in [1.807, 2.05) is 67.6 Å². The average molecular weight is 404 g/mol. The Hall–Kier alpha value is -3.92. The molecule has 1 amide bonds. The number of hydrogen-bond donors (Lipinski definition) is 1. The Morgan fingerprint density at radius 1 is 0.935 bits per heavy atom. The quantitative estimate of drug-likeness (QED) is 0.383. The summed E-state index contributed by atoms with van der Waals surface area (Å²) in [6.45, 7) is 1.99. The minimum absolute atomic E-state index is 0.103. The number of anilines is 1. The van der Waals surface area contributed by atoms with Crippen LogP contribution < -0.4 is 5.32 Å². The molecule has 0 atom stereocenters. The first-order valence-electron chi connectivity index (χ1n) is 10.5. The molecule has 4 heteroatoms. The molecule has 1 aliphatic carbocycles. The summed E-state index contributed by atoms with van der Waals surface area (Å²) in [4.78, 5) is 17.8. The van der Waals surface area contributed by atoms with Gasteiger partial charge in [0.15, 0.2) is 5.58 Å². The van der Waals surface area contributed by atoms with E-state index < -0.39 is 0 Å². The van der Waals surface area contributed by atoms with Gasteiger partial charge in [0.05, 0.1) is 0 Å². The van der Waals surface area contributed by atoms with Gasteiger partial charge in [0.1, 0.15) is 5.52 Å². The van der Waals surface area contributed by atoms with Gasteiger partial charge in [-0.05, 0) is 77.6 Å². The van der Waals surface area contributed by atoms with Crippen molar-refractivity contribution in [3.63, 3.8) is 0 Å². The molecule has 0 saturated carbocycles. The second-order valence-electron chi connectivity index (χ2n) is 8.08. The standard InChI is InChI=1S/C27H20N2O2/c1-16-9-10-19(27-29-22-7-2-3-8-24(22)31-27)15-23(16)28-26(30)21-14-13-18-12-11-17-5-4-6-20(21)25(17)18/h2-10,13-15H,11-12H2,1H3,(H,28,30). The van der Waals surface area contributed by atoms with Crippen molar-refractivity contribution in [3.8, 4) is 11.5 Å². The molecule has 1 aliphatic rings. The van der Waals surface area contributed by atoms with E-state index >= 15 is 0 Å². The Labute approximate surface area is 179 Å². The van der Waals surface area contributed by atoms with Gasteiger partial charge in [0.2, 0.25) is 5.89 Å². The largest absolute Gasteiger partial charge is 0.436 e. The Bertz CT molecular complexity index is 1450. The SMILES string of the molecule is Cc1ccc(-c2nc3ccccc3o2)cc1NC(=O)c1ccc2c3c(cccc13)CC2. The average Bonchev–Trinajstić information content (AvgIpc) is 3.41. The van der Waals surface area contributed by atoms with Crippen LogP contribution in [0.3, 0.4) is 0 Å². The zero-order chi connectivity index (χ0) is 20.9. The molecule has 4 nitrogen and oxygen atoms in total. The van der Waals surface area contributed by atoms with E-state index in [9.17, 15) is 4.79 Å². The molecule has 0 saturated heterocycles. The third-order valence-electron chi connectivity index (χ3n) is 6.15. The molecule has 1 aromatic heterocycles. The number of carbonyl (C=O) groups is 1. The predicted molar refractivity (Wildman–Crippen MR) is 123 cm³/mol. The molecule has 0 bridgehead atoms. The predicted octanol–water partition coefficient (Wildman–Crippen LogP) is 6.31. The first-order valence-corrected chi connectivity index (χ1v) is 10.5. The van der Waals surface area contributed by atoms with Crippen LogP contribution in [0.15, 0.2) is 77.2 Å². The highest BCUT2D eigenvalue weighted by atomic mass is 16.3. The van der Waals surface area contributed by atoms with Crippen molar-refractivity contribution in [2.45, 2.75) is 19.8 Å². The van der Waals surface area contributed by atoms with Crippen LogP contribution in [-0.4, -0.2) is 10.9 Å². The van der Waals surface area contributed by atoms with Crippen molar-refractivity contribution in [2.75, 3.05) is 5.32 Å². The van der Waals surface area contributed by atoms with Crippen LogP contribution in [0.25, 0.3) is 33.3 Å². The molecule has 150 valence electrons. The van der Waals surface area contributed by atoms with E-state index in [0.717, 1.165) is 46.1 Å². The topological polar surface area (TPSA) is 55.1 Å². The van der Waals surface area contributed by atoms with Gasteiger partial charge in [-0.1, -0.05) is 42.5 Å². The summed E-state index contributed by atoms with van der Waals surface area (Å²) < 4.78 is 5.91. The van der Waals surface area contributed by atoms with E-state index in [1.165, 1.54) is 16.5 Å². The van der Waals surface area contributed by atoms with Gasteiger partial charge in [0, 0.05) is 16.8 Å². The Kier molecular flexibility index (Phi) is 3.93. The number of carbonyl (C=O) groups excluding carboxylic acids is 1. The van der Waals surface area contributed by atoms with E-state index in [2.05, 4.69) is 22.4 Å². The van der Waals surface area contributed by atoms with E-state index in [4.69, 9.17) is 4.42 Å². The zero-order valence-electron chi connectivity index (χ0n) is 17.1. The van der Waals surface area contributed by atoms with Crippen LogP contribution in [0.2, 0.25) is 0 Å². The molecule has 0 fully saturated rings. The van der Waals surface area contributed by atoms with Crippen LogP contribution in [0.4, 0.5) is 5.69 Å². The van der Waals surface area contributed by atoms with Gasteiger partial charge in [-0.25, -0.2) is 4.98 Å². The summed E-state index contributed by atoms with van der Waals surface area (Å²) in [5.41, 5.74) is 7.50. The van der Waals surface area contributed by atoms with E-state index in [1.54, 1.807) is 0 Å². The molecule has 1 heterocycles. The molecule has 5 aromatic rings. The molecule has 6 rings (SSSR count). The second-order valence-corrected chi connectivity index (χ2v) is 8.08. The first-order chi connectivity index (χ1) is 15.2. The normalized spacial score (nSPS) is 12.5. The number of fused-ring (bicyclic) bond motifs is 1. The number of aromatic nitrogens is 1. The van der Waals surface area contributed by atoms with Gasteiger partial charge >= 0.3 is 0 Å². The fourth-order valence-corrected chi connectivity index (χ4v) is 4.52. The Balaban J connectivity index is 1.38. The first kappa shape index (κ1) is 17.9. The summed E-state index contributed by atoms with van der Waals surface area (Å²) in [6, 6.07) is 23.9. The van der Waals surface area contributed by atoms with Gasteiger partial charge in [-0.2, -0.15) is 0 Å². The highest BCUT2D eigenvalue weighted by molar-refractivity contribution is 6.14. The third kappa shape index (κ3) is 2.91. The lowest BCUT2D eigenvalue weighted by Gasteiger charge is -2.12. The number of nitrogens with zero attached hydrogens (tertiary/aromatic N) is 1. The highest BCUT2D eigenvalue weighted by Gasteiger charge is 2.19. The lowest BCUT2D eigenvalue weighted by atomic mass is 9.99. The van der Waals surface area contributed by atoms with Crippen LogP contribution in [-0.2, 0) is 12.8 Å². The summed E-state index contributed by atoms with van der Waals surface area (Å²) in [5.74, 6) is 0.440. The van der Waals surface area contributed by atoms with Crippen LogP contribution in [0, 0.1) is 6.92 Å². The fourth-order valence-electron chi connectivity index (χ4n) is 4.52. The number of nitrogens with one attached hydrogen (secondary N) is 1. The number of para-hydroxylation sites is 2. The molecule has 31 heavy (non-hydrogen) atoms. The number of oxazole rings is 1. The maximum Gasteiger partial charge on any atom is 0.256 e. The van der Waals surface area contributed by atoms with Crippen molar-refractivity contribution in [1.82, 2.24) is 4.98 Å². The molecular weight excluding hydrogens is 384 g/mol. The summed E-state index contributed by atoms with van der Waals surface area (Å²) in [5, 5.41) is 5.38. The molecule has 0 radical (unpaired) electrons. The third-order valence-corrected chi connectivity index (χ3v) is 6.15. The van der Waals surface area contributed by atoms with Crippen molar-refractivity contribution in [2.24, 2.45) is 0 Å². The molecule has 1 N–H and O–H groups in total. The van der Waals surface area contributed by atoms with Crippen LogP contribution in [0.5, 0.6) is 0 Å². The molecule has 4 aromatic carbocycles. The number of aryl methyl sites for hydroxylation is 3. The minimum atomic E-state index is -0.103. The zero-order valence-corrected chi connectivity index (χ0v) is 17.1. The van der Waals surface area contributed by atoms with Gasteiger partial charge in [0.25, 0.3) is 5.91 Å². The number of amides is 1. The Morgan fingerprint density at radius 2 is 1.77 bits per heavy atom. The van der Waals surface area contributed by atoms with Crippen LogP contribution >= 0.6 is 0 Å². The number of benzene rings is 4. The summed E-state index contributed by atoms with van der Waals surface area (Å²) in [7, 11) is 0. The summed E-state index contributed by atoms with van der Waals surface area (Å²) in [6.07, 6.45) is 2.09. The fraction of sp³-hybridized carbons (Fsp3) is 0.111. The molecule has 0 aliphatic heterocycles.